The van der Waals surface area contributed by atoms with E-state index in [0.717, 1.165) is 17.7 Å². The molecule has 0 saturated carbocycles. The van der Waals surface area contributed by atoms with Crippen LogP contribution < -0.4 is 19.5 Å². The van der Waals surface area contributed by atoms with Crippen LogP contribution in [0.3, 0.4) is 0 Å². The monoisotopic (exact) mass is 367 g/mol. The standard InChI is InChI=1S/C18H16F3NO4/c19-18(20,21)13-2-1-3-14(9-13)24-10-17(23)22-7-6-12-4-5-15-16(8-12)26-11-25-15/h1-5,8-9H,6-7,10-11H2,(H,22,23). The molecule has 5 nitrogen and oxygen atoms in total. The minimum atomic E-state index is -4.45. The van der Waals surface area contributed by atoms with Gasteiger partial charge in [0, 0.05) is 6.54 Å². The third kappa shape index (κ3) is 4.59. The molecule has 2 aromatic rings. The molecule has 0 aromatic heterocycles. The zero-order valence-corrected chi connectivity index (χ0v) is 13.6. The first-order valence-electron chi connectivity index (χ1n) is 7.87. The molecule has 0 spiro atoms. The normalized spacial score (nSPS) is 12.7. The maximum atomic E-state index is 12.6. The van der Waals surface area contributed by atoms with Gasteiger partial charge in [0.15, 0.2) is 18.1 Å². The van der Waals surface area contributed by atoms with Crippen LogP contribution in [-0.2, 0) is 17.4 Å². The van der Waals surface area contributed by atoms with Gasteiger partial charge < -0.3 is 19.5 Å². The van der Waals surface area contributed by atoms with Gasteiger partial charge in [-0.25, -0.2) is 0 Å². The second-order valence-electron chi connectivity index (χ2n) is 5.60. The van der Waals surface area contributed by atoms with Crippen LogP contribution in [0.2, 0.25) is 0 Å². The summed E-state index contributed by atoms with van der Waals surface area (Å²) in [6.45, 7) is 0.204. The van der Waals surface area contributed by atoms with Gasteiger partial charge in [-0.2, -0.15) is 13.2 Å². The van der Waals surface area contributed by atoms with Gasteiger partial charge in [0.2, 0.25) is 6.79 Å². The Balaban J connectivity index is 1.43. The fraction of sp³-hybridized carbons (Fsp3) is 0.278. The first kappa shape index (κ1) is 17.9. The second kappa shape index (κ2) is 7.55. The fourth-order valence-electron chi connectivity index (χ4n) is 2.40. The zero-order valence-electron chi connectivity index (χ0n) is 13.6. The predicted octanol–water partition coefficient (Wildman–Crippen LogP) is 3.17. The Morgan fingerprint density at radius 3 is 2.73 bits per heavy atom. The van der Waals surface area contributed by atoms with Crippen LogP contribution in [0.15, 0.2) is 42.5 Å². The summed E-state index contributed by atoms with van der Waals surface area (Å²) >= 11 is 0. The van der Waals surface area contributed by atoms with Gasteiger partial charge in [0.05, 0.1) is 5.56 Å². The van der Waals surface area contributed by atoms with Crippen LogP contribution in [0.4, 0.5) is 13.2 Å². The second-order valence-corrected chi connectivity index (χ2v) is 5.60. The van der Waals surface area contributed by atoms with Crippen molar-refractivity contribution < 1.29 is 32.2 Å². The van der Waals surface area contributed by atoms with Crippen molar-refractivity contribution in [1.29, 1.82) is 0 Å². The van der Waals surface area contributed by atoms with Crippen molar-refractivity contribution >= 4 is 5.91 Å². The molecule has 1 aliphatic heterocycles. The summed E-state index contributed by atoms with van der Waals surface area (Å²) in [5.41, 5.74) is 0.145. The Morgan fingerprint density at radius 1 is 1.12 bits per heavy atom. The van der Waals surface area contributed by atoms with E-state index in [2.05, 4.69) is 5.32 Å². The number of benzene rings is 2. The maximum Gasteiger partial charge on any atom is 0.416 e. The number of halogens is 3. The molecule has 8 heteroatoms. The highest BCUT2D eigenvalue weighted by Crippen LogP contribution is 2.32. The minimum absolute atomic E-state index is 0.00857. The molecule has 1 N–H and O–H groups in total. The van der Waals surface area contributed by atoms with E-state index in [9.17, 15) is 18.0 Å². The lowest BCUT2D eigenvalue weighted by Gasteiger charge is -2.10. The first-order valence-corrected chi connectivity index (χ1v) is 7.87. The maximum absolute atomic E-state index is 12.6. The van der Waals surface area contributed by atoms with E-state index in [0.29, 0.717) is 24.5 Å². The molecular formula is C18H16F3NO4. The number of amides is 1. The summed E-state index contributed by atoms with van der Waals surface area (Å²) < 4.78 is 53.5. The Bertz CT molecular complexity index is 792. The molecule has 0 radical (unpaired) electrons. The molecule has 26 heavy (non-hydrogen) atoms. The predicted molar refractivity (Wildman–Crippen MR) is 86.2 cm³/mol. The molecule has 138 valence electrons. The molecule has 0 fully saturated rings. The molecule has 1 amide bonds. The van der Waals surface area contributed by atoms with Crippen LogP contribution in [0, 0.1) is 0 Å². The molecule has 3 rings (SSSR count). The number of alkyl halides is 3. The summed E-state index contributed by atoms with van der Waals surface area (Å²) in [4.78, 5) is 11.8. The molecule has 0 atom stereocenters. The van der Waals surface area contributed by atoms with Crippen LogP contribution in [0.1, 0.15) is 11.1 Å². The van der Waals surface area contributed by atoms with Gasteiger partial charge in [0.1, 0.15) is 5.75 Å². The number of carbonyl (C=O) groups is 1. The Kier molecular flexibility index (Phi) is 5.20. The Labute approximate surface area is 147 Å². The molecule has 0 aliphatic carbocycles. The molecule has 0 unspecified atom stereocenters. The summed E-state index contributed by atoms with van der Waals surface area (Å²) in [5, 5.41) is 2.66. The third-order valence-corrected chi connectivity index (χ3v) is 3.70. The summed E-state index contributed by atoms with van der Waals surface area (Å²) in [7, 11) is 0. The SMILES string of the molecule is O=C(COc1cccc(C(F)(F)F)c1)NCCc1ccc2c(c1)OCO2. The highest BCUT2D eigenvalue weighted by molar-refractivity contribution is 5.77. The molecule has 1 heterocycles. The van der Waals surface area contributed by atoms with Crippen molar-refractivity contribution in [3.8, 4) is 17.2 Å². The molecule has 0 bridgehead atoms. The molecular weight excluding hydrogens is 351 g/mol. The van der Waals surface area contributed by atoms with E-state index in [4.69, 9.17) is 14.2 Å². The molecule has 0 saturated heterocycles. The quantitative estimate of drug-likeness (QED) is 0.852. The lowest BCUT2D eigenvalue weighted by molar-refractivity contribution is -0.137. The van der Waals surface area contributed by atoms with Gasteiger partial charge in [-0.3, -0.25) is 4.79 Å². The number of ether oxygens (including phenoxy) is 3. The number of nitrogens with one attached hydrogen (secondary N) is 1. The first-order chi connectivity index (χ1) is 12.4. The van der Waals surface area contributed by atoms with Crippen molar-refractivity contribution in [3.63, 3.8) is 0 Å². The third-order valence-electron chi connectivity index (χ3n) is 3.70. The van der Waals surface area contributed by atoms with Crippen molar-refractivity contribution in [2.45, 2.75) is 12.6 Å². The van der Waals surface area contributed by atoms with Crippen molar-refractivity contribution in [1.82, 2.24) is 5.32 Å². The average Bonchev–Trinajstić information content (AvgIpc) is 3.07. The molecule has 2 aromatic carbocycles. The van der Waals surface area contributed by atoms with Crippen LogP contribution in [0.5, 0.6) is 17.2 Å². The number of carbonyl (C=O) groups excluding carboxylic acids is 1. The number of fused-ring (bicyclic) bond motifs is 1. The lowest BCUT2D eigenvalue weighted by atomic mass is 10.1. The number of hydrogen-bond donors (Lipinski definition) is 1. The van der Waals surface area contributed by atoms with Gasteiger partial charge in [-0.15, -0.1) is 0 Å². The minimum Gasteiger partial charge on any atom is -0.484 e. The summed E-state index contributed by atoms with van der Waals surface area (Å²) in [5.74, 6) is 0.933. The topological polar surface area (TPSA) is 56.8 Å². The van der Waals surface area contributed by atoms with Crippen LogP contribution in [-0.4, -0.2) is 25.9 Å². The zero-order chi connectivity index (χ0) is 18.6. The van der Waals surface area contributed by atoms with E-state index in [1.807, 2.05) is 12.1 Å². The smallest absolute Gasteiger partial charge is 0.416 e. The number of rotatable bonds is 6. The van der Waals surface area contributed by atoms with Gasteiger partial charge >= 0.3 is 6.18 Å². The highest BCUT2D eigenvalue weighted by atomic mass is 19.4. The molecule has 1 aliphatic rings. The summed E-state index contributed by atoms with van der Waals surface area (Å²) in [6.07, 6.45) is -3.88. The summed E-state index contributed by atoms with van der Waals surface area (Å²) in [6, 6.07) is 9.92. The lowest BCUT2D eigenvalue weighted by Crippen LogP contribution is -2.30. The number of hydrogen-bond acceptors (Lipinski definition) is 4. The Morgan fingerprint density at radius 2 is 1.92 bits per heavy atom. The van der Waals surface area contributed by atoms with E-state index < -0.39 is 17.6 Å². The van der Waals surface area contributed by atoms with Crippen molar-refractivity contribution in [2.24, 2.45) is 0 Å². The van der Waals surface area contributed by atoms with E-state index in [1.165, 1.54) is 12.1 Å². The van der Waals surface area contributed by atoms with Crippen LogP contribution >= 0.6 is 0 Å². The highest BCUT2D eigenvalue weighted by Gasteiger charge is 2.30. The van der Waals surface area contributed by atoms with E-state index in [1.54, 1.807) is 6.07 Å². The van der Waals surface area contributed by atoms with Gasteiger partial charge in [-0.1, -0.05) is 12.1 Å². The van der Waals surface area contributed by atoms with Crippen molar-refractivity contribution in [2.75, 3.05) is 19.9 Å². The average molecular weight is 367 g/mol. The Hall–Kier alpha value is -2.90. The van der Waals surface area contributed by atoms with Crippen LogP contribution in [0.25, 0.3) is 0 Å². The van der Waals surface area contributed by atoms with Crippen molar-refractivity contribution in [3.05, 3.63) is 53.6 Å². The van der Waals surface area contributed by atoms with Gasteiger partial charge in [0.25, 0.3) is 5.91 Å². The fourth-order valence-corrected chi connectivity index (χ4v) is 2.40. The van der Waals surface area contributed by atoms with E-state index >= 15 is 0 Å². The largest absolute Gasteiger partial charge is 0.484 e. The van der Waals surface area contributed by atoms with E-state index in [-0.39, 0.29) is 19.1 Å². The van der Waals surface area contributed by atoms with Gasteiger partial charge in [-0.05, 0) is 42.3 Å².